The van der Waals surface area contributed by atoms with E-state index in [1.54, 1.807) is 13.0 Å². The third kappa shape index (κ3) is 5.89. The van der Waals surface area contributed by atoms with E-state index in [-0.39, 0.29) is 17.3 Å². The molecule has 2 amide bonds. The molecule has 0 radical (unpaired) electrons. The van der Waals surface area contributed by atoms with Crippen molar-refractivity contribution in [1.82, 2.24) is 5.43 Å². The highest BCUT2D eigenvalue weighted by Gasteiger charge is 2.06. The van der Waals surface area contributed by atoms with Crippen molar-refractivity contribution >= 4 is 29.1 Å². The van der Waals surface area contributed by atoms with E-state index in [0.717, 1.165) is 0 Å². The average molecular weight is 295 g/mol. The summed E-state index contributed by atoms with van der Waals surface area (Å²) in [7, 11) is 1.19. The van der Waals surface area contributed by atoms with E-state index >= 15 is 0 Å². The van der Waals surface area contributed by atoms with Crippen LogP contribution < -0.4 is 16.0 Å². The van der Waals surface area contributed by atoms with Gasteiger partial charge in [-0.3, -0.25) is 10.0 Å². The zero-order valence-corrected chi connectivity index (χ0v) is 11.5. The second-order valence-electron chi connectivity index (χ2n) is 4.00. The summed E-state index contributed by atoms with van der Waals surface area (Å²) in [5, 5.41) is 25.4. The number of amides is 2. The van der Waals surface area contributed by atoms with E-state index in [1.165, 1.54) is 25.3 Å². The first-order chi connectivity index (χ1) is 9.92. The number of nitrogens with one attached hydrogen (secondary N) is 2. The Morgan fingerprint density at radius 3 is 2.81 bits per heavy atom. The summed E-state index contributed by atoms with van der Waals surface area (Å²) in [6, 6.07) is 5.76. The Morgan fingerprint density at radius 1 is 1.48 bits per heavy atom. The zero-order valence-electron chi connectivity index (χ0n) is 11.5. The van der Waals surface area contributed by atoms with Gasteiger partial charge >= 0.3 is 6.09 Å². The van der Waals surface area contributed by atoms with Crippen molar-refractivity contribution < 1.29 is 19.5 Å². The van der Waals surface area contributed by atoms with Gasteiger partial charge in [-0.15, -0.1) is 0 Å². The molecule has 114 valence electrons. The lowest BCUT2D eigenvalue weighted by Crippen LogP contribution is -2.21. The number of hydrogen-bond acceptors (Lipinski definition) is 7. The molecule has 0 spiro atoms. The molecule has 0 aliphatic carbocycles. The van der Waals surface area contributed by atoms with Crippen molar-refractivity contribution in [2.45, 2.75) is 13.3 Å². The number of nitrogens with zero attached hydrogens (tertiary/aromatic N) is 2. The topological polar surface area (TPSA) is 126 Å². The molecule has 1 aromatic carbocycles. The van der Waals surface area contributed by atoms with Crippen LogP contribution in [-0.2, 0) is 9.53 Å². The van der Waals surface area contributed by atoms with Crippen LogP contribution in [0, 0.1) is 5.21 Å². The SMILES string of the molecule is COC(=O)N/N=C(\C)CC(=O)Nc1cccc(N([O-])O)c1. The van der Waals surface area contributed by atoms with Crippen LogP contribution in [0.3, 0.4) is 0 Å². The average Bonchev–Trinajstić information content (AvgIpc) is 2.44. The number of rotatable bonds is 5. The molecule has 21 heavy (non-hydrogen) atoms. The molecule has 1 rings (SSSR count). The first-order valence-corrected chi connectivity index (χ1v) is 5.85. The first-order valence-electron chi connectivity index (χ1n) is 5.85. The van der Waals surface area contributed by atoms with Crippen molar-refractivity contribution in [3.8, 4) is 0 Å². The molecular weight excluding hydrogens is 280 g/mol. The first kappa shape index (κ1) is 16.4. The van der Waals surface area contributed by atoms with Gasteiger partial charge < -0.3 is 20.5 Å². The molecule has 0 saturated heterocycles. The molecule has 9 nitrogen and oxygen atoms in total. The van der Waals surface area contributed by atoms with E-state index < -0.39 is 12.0 Å². The molecular formula is C12H15N4O5-. The fraction of sp³-hybridized carbons (Fsp3) is 0.250. The van der Waals surface area contributed by atoms with E-state index in [4.69, 9.17) is 5.21 Å². The van der Waals surface area contributed by atoms with Crippen LogP contribution in [0.5, 0.6) is 0 Å². The van der Waals surface area contributed by atoms with Gasteiger partial charge in [-0.05, 0) is 25.1 Å². The number of hydrazone groups is 1. The van der Waals surface area contributed by atoms with Crippen molar-refractivity contribution in [1.29, 1.82) is 0 Å². The van der Waals surface area contributed by atoms with Crippen LogP contribution in [0.4, 0.5) is 16.2 Å². The maximum Gasteiger partial charge on any atom is 0.427 e. The second kappa shape index (κ2) is 7.82. The van der Waals surface area contributed by atoms with Crippen LogP contribution in [0.1, 0.15) is 13.3 Å². The molecule has 1 aromatic rings. The van der Waals surface area contributed by atoms with Gasteiger partial charge in [0.2, 0.25) is 5.91 Å². The smallest absolute Gasteiger partial charge is 0.427 e. The van der Waals surface area contributed by atoms with Gasteiger partial charge in [-0.2, -0.15) is 5.10 Å². The van der Waals surface area contributed by atoms with Gasteiger partial charge in [0.05, 0.1) is 19.2 Å². The maximum absolute atomic E-state index is 11.7. The number of anilines is 2. The Bertz CT molecular complexity index is 544. The summed E-state index contributed by atoms with van der Waals surface area (Å²) in [5.41, 5.74) is 2.79. The standard InChI is InChI=1S/C12H15N4O5/c1-8(14-15-12(18)21-2)6-11(17)13-9-4-3-5-10(7-9)16(19)20/h3-5,7,19H,6H2,1-2H3,(H,13,17)(H,15,18)/q-1/b14-8+. The molecule has 0 aliphatic rings. The fourth-order valence-corrected chi connectivity index (χ4v) is 1.37. The van der Waals surface area contributed by atoms with E-state index in [9.17, 15) is 14.8 Å². The summed E-state index contributed by atoms with van der Waals surface area (Å²) in [4.78, 5) is 22.5. The molecule has 9 heteroatoms. The molecule has 0 aromatic heterocycles. The number of carbonyl (C=O) groups is 2. The van der Waals surface area contributed by atoms with Gasteiger partial charge in [0.25, 0.3) is 0 Å². The lowest BCUT2D eigenvalue weighted by molar-refractivity contribution is -0.115. The minimum atomic E-state index is -0.735. The lowest BCUT2D eigenvalue weighted by Gasteiger charge is -2.22. The van der Waals surface area contributed by atoms with Crippen LogP contribution in [0.2, 0.25) is 0 Å². The van der Waals surface area contributed by atoms with Crippen molar-refractivity contribution in [2.24, 2.45) is 5.10 Å². The minimum Gasteiger partial charge on any atom is -0.733 e. The molecule has 0 atom stereocenters. The summed E-state index contributed by atoms with van der Waals surface area (Å²) < 4.78 is 4.32. The number of carbonyl (C=O) groups excluding carboxylic acids is 2. The quantitative estimate of drug-likeness (QED) is 0.557. The molecule has 0 saturated carbocycles. The number of ether oxygens (including phenoxy) is 1. The van der Waals surface area contributed by atoms with E-state index in [2.05, 4.69) is 20.6 Å². The highest BCUT2D eigenvalue weighted by molar-refractivity contribution is 6.05. The number of hydrogen-bond donors (Lipinski definition) is 3. The Labute approximate surface area is 120 Å². The van der Waals surface area contributed by atoms with Gasteiger partial charge in [-0.25, -0.2) is 10.2 Å². The van der Waals surface area contributed by atoms with Gasteiger partial charge in [-0.1, -0.05) is 6.07 Å². The van der Waals surface area contributed by atoms with Crippen molar-refractivity contribution in [3.05, 3.63) is 29.5 Å². The highest BCUT2D eigenvalue weighted by atomic mass is 16.8. The molecule has 0 heterocycles. The van der Waals surface area contributed by atoms with Crippen molar-refractivity contribution in [3.63, 3.8) is 0 Å². The Morgan fingerprint density at radius 2 is 2.19 bits per heavy atom. The van der Waals surface area contributed by atoms with Crippen LogP contribution >= 0.6 is 0 Å². The van der Waals surface area contributed by atoms with E-state index in [0.29, 0.717) is 11.4 Å². The summed E-state index contributed by atoms with van der Waals surface area (Å²) in [6.07, 6.45) is -0.796. The normalized spacial score (nSPS) is 10.8. The largest absolute Gasteiger partial charge is 0.733 e. The molecule has 0 aliphatic heterocycles. The second-order valence-corrected chi connectivity index (χ2v) is 4.00. The third-order valence-electron chi connectivity index (χ3n) is 2.29. The highest BCUT2D eigenvalue weighted by Crippen LogP contribution is 2.17. The van der Waals surface area contributed by atoms with Crippen LogP contribution in [0.15, 0.2) is 29.4 Å². The fourth-order valence-electron chi connectivity index (χ4n) is 1.37. The Kier molecular flexibility index (Phi) is 6.11. The lowest BCUT2D eigenvalue weighted by atomic mass is 10.2. The van der Waals surface area contributed by atoms with Crippen LogP contribution in [0.25, 0.3) is 0 Å². The number of benzene rings is 1. The predicted octanol–water partition coefficient (Wildman–Crippen LogP) is 1.44. The van der Waals surface area contributed by atoms with Gasteiger partial charge in [0.1, 0.15) is 0 Å². The summed E-state index contributed by atoms with van der Waals surface area (Å²) in [6.45, 7) is 1.55. The van der Waals surface area contributed by atoms with Crippen LogP contribution in [-0.4, -0.2) is 30.0 Å². The molecule has 0 unspecified atom stereocenters. The Hall–Kier alpha value is -2.65. The van der Waals surface area contributed by atoms with E-state index in [1.807, 2.05) is 0 Å². The number of methoxy groups -OCH3 is 1. The molecule has 3 N–H and O–H groups in total. The summed E-state index contributed by atoms with van der Waals surface area (Å²) in [5.74, 6) is -0.393. The predicted molar refractivity (Wildman–Crippen MR) is 76.0 cm³/mol. The third-order valence-corrected chi connectivity index (χ3v) is 2.29. The van der Waals surface area contributed by atoms with Gasteiger partial charge in [0, 0.05) is 11.4 Å². The van der Waals surface area contributed by atoms with Crippen molar-refractivity contribution in [2.75, 3.05) is 17.7 Å². The monoisotopic (exact) mass is 295 g/mol. The summed E-state index contributed by atoms with van der Waals surface area (Å²) >= 11 is 0. The van der Waals surface area contributed by atoms with Gasteiger partial charge in [0.15, 0.2) is 0 Å². The molecule has 0 bridgehead atoms. The zero-order chi connectivity index (χ0) is 15.8. The minimum absolute atomic E-state index is 0.00875. The molecule has 0 fully saturated rings. The maximum atomic E-state index is 11.7. The Balaban J connectivity index is 2.57.